The van der Waals surface area contributed by atoms with Gasteiger partial charge in [0.25, 0.3) is 0 Å². The van der Waals surface area contributed by atoms with E-state index >= 15 is 0 Å². The van der Waals surface area contributed by atoms with E-state index in [9.17, 15) is 0 Å². The Kier molecular flexibility index (Phi) is 5.42. The van der Waals surface area contributed by atoms with Crippen LogP contribution in [-0.2, 0) is 11.2 Å². The minimum atomic E-state index is 0.280. The van der Waals surface area contributed by atoms with Gasteiger partial charge in [0, 0.05) is 39.1 Å². The standard InChI is InChI=1S/C22H28N2O2/c1-23-11-13-24(14-12-23)10-4-5-18-8-9-22-20(15-18)16-19-6-2-3-7-21(19)25-17-26-22/h2-3,5-9H,4,10-17H2,1H3. The maximum absolute atomic E-state index is 5.83. The largest absolute Gasteiger partial charge is 0.458 e. The van der Waals surface area contributed by atoms with Crippen LogP contribution < -0.4 is 4.74 Å². The summed E-state index contributed by atoms with van der Waals surface area (Å²) in [7, 11) is 2.21. The van der Waals surface area contributed by atoms with Crippen molar-refractivity contribution in [2.24, 2.45) is 0 Å². The number of benzene rings is 1. The molecule has 2 aliphatic heterocycles. The van der Waals surface area contributed by atoms with Crippen LogP contribution in [0.1, 0.15) is 18.4 Å². The number of para-hydroxylation sites is 1. The topological polar surface area (TPSA) is 24.9 Å². The third-order valence-electron chi connectivity index (χ3n) is 5.47. The number of hydrogen-bond acceptors (Lipinski definition) is 4. The van der Waals surface area contributed by atoms with Crippen molar-refractivity contribution in [3.05, 3.63) is 65.0 Å². The van der Waals surface area contributed by atoms with Gasteiger partial charge < -0.3 is 19.3 Å². The van der Waals surface area contributed by atoms with Crippen molar-refractivity contribution in [1.82, 2.24) is 9.80 Å². The summed E-state index contributed by atoms with van der Waals surface area (Å²) in [6, 6.07) is 8.27. The molecule has 0 atom stereocenters. The smallest absolute Gasteiger partial charge is 0.230 e. The van der Waals surface area contributed by atoms with E-state index < -0.39 is 0 Å². The molecule has 3 aliphatic rings. The molecule has 4 heteroatoms. The monoisotopic (exact) mass is 352 g/mol. The van der Waals surface area contributed by atoms with Crippen molar-refractivity contribution in [1.29, 1.82) is 0 Å². The molecule has 1 aromatic carbocycles. The Labute approximate surface area is 156 Å². The van der Waals surface area contributed by atoms with E-state index in [0.29, 0.717) is 0 Å². The molecule has 0 spiro atoms. The van der Waals surface area contributed by atoms with Crippen LogP contribution in [0.3, 0.4) is 0 Å². The predicted octanol–water partition coefficient (Wildman–Crippen LogP) is 3.37. The minimum Gasteiger partial charge on any atom is -0.458 e. The molecule has 1 aromatic rings. The fraction of sp³-hybridized carbons (Fsp3) is 0.455. The zero-order valence-corrected chi connectivity index (χ0v) is 15.6. The molecule has 0 bridgehead atoms. The van der Waals surface area contributed by atoms with Crippen molar-refractivity contribution in [3.63, 3.8) is 0 Å². The van der Waals surface area contributed by atoms with E-state index in [1.165, 1.54) is 42.9 Å². The van der Waals surface area contributed by atoms with Gasteiger partial charge in [0.05, 0.1) is 0 Å². The maximum Gasteiger partial charge on any atom is 0.230 e. The van der Waals surface area contributed by atoms with E-state index in [0.717, 1.165) is 37.3 Å². The van der Waals surface area contributed by atoms with Crippen LogP contribution in [0.4, 0.5) is 0 Å². The van der Waals surface area contributed by atoms with Crippen LogP contribution in [-0.4, -0.2) is 56.4 Å². The second kappa shape index (κ2) is 8.11. The number of ether oxygens (including phenoxy) is 2. The minimum absolute atomic E-state index is 0.280. The molecule has 0 amide bonds. The van der Waals surface area contributed by atoms with Crippen LogP contribution in [0.25, 0.3) is 0 Å². The zero-order chi connectivity index (χ0) is 17.8. The Morgan fingerprint density at radius 3 is 2.73 bits per heavy atom. The molecule has 1 aliphatic carbocycles. The molecule has 0 radical (unpaired) electrons. The number of nitrogens with zero attached hydrogens (tertiary/aromatic N) is 2. The van der Waals surface area contributed by atoms with Crippen LogP contribution in [0.15, 0.2) is 59.4 Å². The average molecular weight is 352 g/mol. The van der Waals surface area contributed by atoms with E-state index in [1.54, 1.807) is 0 Å². The van der Waals surface area contributed by atoms with Crippen molar-refractivity contribution < 1.29 is 9.47 Å². The molecule has 4 rings (SSSR count). The van der Waals surface area contributed by atoms with E-state index in [1.807, 2.05) is 12.1 Å². The van der Waals surface area contributed by atoms with E-state index in [2.05, 4.69) is 47.2 Å². The Morgan fingerprint density at radius 2 is 1.85 bits per heavy atom. The van der Waals surface area contributed by atoms with Crippen molar-refractivity contribution >= 4 is 0 Å². The fourth-order valence-electron chi connectivity index (χ4n) is 3.81. The summed E-state index contributed by atoms with van der Waals surface area (Å²) in [5, 5.41) is 0. The summed E-state index contributed by atoms with van der Waals surface area (Å²) in [6.07, 6.45) is 9.70. The summed E-state index contributed by atoms with van der Waals surface area (Å²) in [5.74, 6) is 1.92. The third kappa shape index (κ3) is 4.19. The SMILES string of the molecule is CN1CCN(CCC=C2C=CC3=C(C2)Cc2ccccc2OCO3)CC1. The molecule has 2 heterocycles. The average Bonchev–Trinajstić information content (AvgIpc) is 2.64. The molecular weight excluding hydrogens is 324 g/mol. The first-order valence-corrected chi connectivity index (χ1v) is 9.61. The molecule has 1 saturated heterocycles. The molecule has 4 nitrogen and oxygen atoms in total. The van der Waals surface area contributed by atoms with Gasteiger partial charge in [0.15, 0.2) is 0 Å². The van der Waals surface area contributed by atoms with Crippen molar-refractivity contribution in [2.75, 3.05) is 46.6 Å². The summed E-state index contributed by atoms with van der Waals surface area (Å²) < 4.78 is 11.6. The lowest BCUT2D eigenvalue weighted by Crippen LogP contribution is -2.44. The highest BCUT2D eigenvalue weighted by atomic mass is 16.7. The lowest BCUT2D eigenvalue weighted by molar-refractivity contribution is 0.0617. The highest BCUT2D eigenvalue weighted by molar-refractivity contribution is 5.44. The highest BCUT2D eigenvalue weighted by Gasteiger charge is 2.18. The Morgan fingerprint density at radius 1 is 1.00 bits per heavy atom. The number of hydrogen-bond donors (Lipinski definition) is 0. The molecule has 0 aromatic heterocycles. The predicted molar refractivity (Wildman–Crippen MR) is 104 cm³/mol. The molecule has 138 valence electrons. The lowest BCUT2D eigenvalue weighted by atomic mass is 9.92. The number of allylic oxidation sites excluding steroid dienone is 4. The normalized spacial score (nSPS) is 22.9. The summed E-state index contributed by atoms with van der Waals surface area (Å²) in [5.41, 5.74) is 4.00. The van der Waals surface area contributed by atoms with Gasteiger partial charge >= 0.3 is 0 Å². The lowest BCUT2D eigenvalue weighted by Gasteiger charge is -2.32. The van der Waals surface area contributed by atoms with Gasteiger partial charge in [0.2, 0.25) is 6.79 Å². The van der Waals surface area contributed by atoms with Crippen LogP contribution in [0.2, 0.25) is 0 Å². The second-order valence-corrected chi connectivity index (χ2v) is 7.38. The van der Waals surface area contributed by atoms with Gasteiger partial charge in [-0.2, -0.15) is 0 Å². The maximum atomic E-state index is 5.83. The second-order valence-electron chi connectivity index (χ2n) is 7.38. The molecule has 0 saturated carbocycles. The van der Waals surface area contributed by atoms with Gasteiger partial charge in [-0.25, -0.2) is 0 Å². The first-order chi connectivity index (χ1) is 12.8. The van der Waals surface area contributed by atoms with E-state index in [4.69, 9.17) is 9.47 Å². The van der Waals surface area contributed by atoms with Crippen LogP contribution in [0.5, 0.6) is 5.75 Å². The molecule has 26 heavy (non-hydrogen) atoms. The van der Waals surface area contributed by atoms with Gasteiger partial charge in [-0.3, -0.25) is 0 Å². The first-order valence-electron chi connectivity index (χ1n) is 9.61. The van der Waals surface area contributed by atoms with Crippen molar-refractivity contribution in [3.8, 4) is 5.75 Å². The zero-order valence-electron chi connectivity index (χ0n) is 15.6. The first kappa shape index (κ1) is 17.4. The molecule has 1 fully saturated rings. The number of piperazine rings is 1. The number of likely N-dealkylation sites (N-methyl/N-ethyl adjacent to an activating group) is 1. The summed E-state index contributed by atoms with van der Waals surface area (Å²) in [6.45, 7) is 6.19. The van der Waals surface area contributed by atoms with Gasteiger partial charge in [-0.15, -0.1) is 0 Å². The molecule has 0 unspecified atom stereocenters. The molecular formula is C22H28N2O2. The molecule has 0 N–H and O–H groups in total. The van der Waals surface area contributed by atoms with Crippen LogP contribution in [0, 0.1) is 0 Å². The third-order valence-corrected chi connectivity index (χ3v) is 5.47. The van der Waals surface area contributed by atoms with Gasteiger partial charge in [-0.05, 0) is 48.7 Å². The fourth-order valence-corrected chi connectivity index (χ4v) is 3.81. The summed E-state index contributed by atoms with van der Waals surface area (Å²) in [4.78, 5) is 4.98. The quantitative estimate of drug-likeness (QED) is 0.833. The van der Waals surface area contributed by atoms with Gasteiger partial charge in [-0.1, -0.05) is 30.4 Å². The number of fused-ring (bicyclic) bond motifs is 1. The highest BCUT2D eigenvalue weighted by Crippen LogP contribution is 2.32. The Balaban J connectivity index is 1.38. The Hall–Kier alpha value is -2.04. The van der Waals surface area contributed by atoms with Crippen molar-refractivity contribution in [2.45, 2.75) is 19.3 Å². The van der Waals surface area contributed by atoms with Gasteiger partial charge in [0.1, 0.15) is 11.5 Å². The summed E-state index contributed by atoms with van der Waals surface area (Å²) >= 11 is 0. The number of rotatable bonds is 3. The Bertz CT molecular complexity index is 727. The van der Waals surface area contributed by atoms with E-state index in [-0.39, 0.29) is 6.79 Å². The van der Waals surface area contributed by atoms with Crippen LogP contribution >= 0.6 is 0 Å².